The third-order valence-electron chi connectivity index (χ3n) is 5.96. The van der Waals surface area contributed by atoms with Crippen LogP contribution in [-0.2, 0) is 4.79 Å². The minimum absolute atomic E-state index is 0.0282. The molecule has 162 valence electrons. The molecule has 2 aliphatic rings. The molecule has 2 aliphatic heterocycles. The number of carboxylic acids is 1. The molecule has 0 bridgehead atoms. The highest BCUT2D eigenvalue weighted by molar-refractivity contribution is 8.08. The molecule has 2 atom stereocenters. The Bertz CT molecular complexity index is 991. The maximum absolute atomic E-state index is 13.6. The zero-order chi connectivity index (χ0) is 21.8. The summed E-state index contributed by atoms with van der Waals surface area (Å²) in [5.74, 6) is -0.772. The molecule has 2 unspecified atom stereocenters. The molecule has 0 spiro atoms. The monoisotopic (exact) mass is 456 g/mol. The zero-order valence-corrected chi connectivity index (χ0v) is 18.6. The van der Waals surface area contributed by atoms with Crippen LogP contribution in [0.4, 0.5) is 0 Å². The summed E-state index contributed by atoms with van der Waals surface area (Å²) in [5, 5.41) is 17.2. The molecular formula is C24H25ClN2O3S. The van der Waals surface area contributed by atoms with Crippen molar-refractivity contribution >= 4 is 40.0 Å². The summed E-state index contributed by atoms with van der Waals surface area (Å²) in [5.41, 5.74) is 0.0920. The minimum Gasteiger partial charge on any atom is -0.480 e. The summed E-state index contributed by atoms with van der Waals surface area (Å²) in [7, 11) is 0. The van der Waals surface area contributed by atoms with Crippen LogP contribution >= 0.6 is 23.4 Å². The second-order valence-corrected chi connectivity index (χ2v) is 9.42. The van der Waals surface area contributed by atoms with E-state index in [1.807, 2.05) is 30.3 Å². The van der Waals surface area contributed by atoms with E-state index in [9.17, 15) is 14.7 Å². The molecule has 3 N–H and O–H groups in total. The third-order valence-corrected chi connectivity index (χ3v) is 7.56. The average Bonchev–Trinajstić information content (AvgIpc) is 3.24. The first-order valence-corrected chi connectivity index (χ1v) is 11.8. The highest BCUT2D eigenvalue weighted by Crippen LogP contribution is 2.40. The van der Waals surface area contributed by atoms with Gasteiger partial charge in [0.05, 0.1) is 11.1 Å². The fraction of sp³-hybridized carbons (Fsp3) is 0.333. The van der Waals surface area contributed by atoms with E-state index in [4.69, 9.17) is 11.6 Å². The Morgan fingerprint density at radius 2 is 1.77 bits per heavy atom. The molecule has 2 aromatic carbocycles. The number of hydrogen-bond donors (Lipinski definition) is 3. The van der Waals surface area contributed by atoms with Crippen molar-refractivity contribution in [3.8, 4) is 0 Å². The number of piperidine rings is 1. The van der Waals surface area contributed by atoms with Gasteiger partial charge in [0.25, 0.3) is 0 Å². The second kappa shape index (κ2) is 9.57. The number of halogens is 1. The molecule has 0 aromatic heterocycles. The van der Waals surface area contributed by atoms with E-state index in [0.717, 1.165) is 36.4 Å². The van der Waals surface area contributed by atoms with Gasteiger partial charge in [-0.2, -0.15) is 0 Å². The number of carbonyl (C=O) groups is 2. The Morgan fingerprint density at radius 1 is 1.10 bits per heavy atom. The van der Waals surface area contributed by atoms with Crippen LogP contribution in [0, 0.1) is 5.92 Å². The van der Waals surface area contributed by atoms with Crippen LogP contribution in [-0.4, -0.2) is 47.3 Å². The Labute approximate surface area is 191 Å². The number of carboxylic acid groups (broad SMARTS) is 1. The number of hydrogen-bond acceptors (Lipinski definition) is 5. The number of carbonyl (C=O) groups excluding carboxylic acids is 1. The Hall–Kier alpha value is -2.12. The van der Waals surface area contributed by atoms with Gasteiger partial charge in [-0.05, 0) is 55.6 Å². The number of Topliss-reactive ketones (excluding diaryl/α,β-unsaturated/α-hetero) is 1. The van der Waals surface area contributed by atoms with Crippen LogP contribution in [0.25, 0.3) is 4.91 Å². The van der Waals surface area contributed by atoms with Crippen molar-refractivity contribution in [1.29, 1.82) is 0 Å². The van der Waals surface area contributed by atoms with E-state index in [2.05, 4.69) is 10.6 Å². The van der Waals surface area contributed by atoms with Crippen molar-refractivity contribution in [3.05, 3.63) is 76.8 Å². The van der Waals surface area contributed by atoms with Gasteiger partial charge < -0.3 is 10.4 Å². The highest BCUT2D eigenvalue weighted by atomic mass is 35.5. The standard InChI is InChI=1S/C24H25ClN2O3S/c25-19-9-5-4-8-18(19)22(28)21(17-10-12-26-13-11-17)27-24(23(29)30)14-20(31-15-24)16-6-2-1-3-7-16/h1-9,14,17,21,26-27H,10-13,15H2,(H,29,30). The van der Waals surface area contributed by atoms with Gasteiger partial charge >= 0.3 is 5.97 Å². The summed E-state index contributed by atoms with van der Waals surface area (Å²) in [6, 6.07) is 16.1. The summed E-state index contributed by atoms with van der Waals surface area (Å²) < 4.78 is 0. The fourth-order valence-electron chi connectivity index (χ4n) is 4.22. The number of benzene rings is 2. The van der Waals surface area contributed by atoms with Crippen molar-refractivity contribution < 1.29 is 14.7 Å². The van der Waals surface area contributed by atoms with E-state index >= 15 is 0 Å². The third kappa shape index (κ3) is 4.72. The molecule has 7 heteroatoms. The van der Waals surface area contributed by atoms with E-state index in [1.165, 1.54) is 11.8 Å². The van der Waals surface area contributed by atoms with E-state index < -0.39 is 17.6 Å². The van der Waals surface area contributed by atoms with Crippen molar-refractivity contribution in [3.63, 3.8) is 0 Å². The fourth-order valence-corrected chi connectivity index (χ4v) is 5.71. The lowest BCUT2D eigenvalue weighted by molar-refractivity contribution is -0.142. The highest BCUT2D eigenvalue weighted by Gasteiger charge is 2.46. The van der Waals surface area contributed by atoms with Crippen LogP contribution in [0.5, 0.6) is 0 Å². The maximum Gasteiger partial charge on any atom is 0.328 e. The Kier molecular flexibility index (Phi) is 6.82. The predicted octanol–water partition coefficient (Wildman–Crippen LogP) is 4.09. The van der Waals surface area contributed by atoms with E-state index in [0.29, 0.717) is 16.3 Å². The Morgan fingerprint density at radius 3 is 2.45 bits per heavy atom. The Balaban J connectivity index is 1.69. The molecule has 2 aromatic rings. The molecule has 0 saturated carbocycles. The van der Waals surface area contributed by atoms with Gasteiger partial charge in [0.1, 0.15) is 5.54 Å². The molecule has 2 heterocycles. The topological polar surface area (TPSA) is 78.4 Å². The smallest absolute Gasteiger partial charge is 0.328 e. The number of ketones is 1. The van der Waals surface area contributed by atoms with Gasteiger partial charge in [0.15, 0.2) is 5.78 Å². The van der Waals surface area contributed by atoms with Gasteiger partial charge in [-0.3, -0.25) is 10.1 Å². The second-order valence-electron chi connectivity index (χ2n) is 7.99. The lowest BCUT2D eigenvalue weighted by Gasteiger charge is -2.35. The maximum atomic E-state index is 13.6. The van der Waals surface area contributed by atoms with Crippen LogP contribution in [0.3, 0.4) is 0 Å². The minimum atomic E-state index is -1.32. The first-order valence-electron chi connectivity index (χ1n) is 10.4. The van der Waals surface area contributed by atoms with Crippen LogP contribution in [0.1, 0.15) is 28.8 Å². The molecule has 31 heavy (non-hydrogen) atoms. The van der Waals surface area contributed by atoms with Crippen LogP contribution in [0.15, 0.2) is 60.7 Å². The number of rotatable bonds is 7. The van der Waals surface area contributed by atoms with Gasteiger partial charge in [-0.15, -0.1) is 11.8 Å². The number of nitrogens with one attached hydrogen (secondary N) is 2. The van der Waals surface area contributed by atoms with Gasteiger partial charge in [-0.1, -0.05) is 54.1 Å². The normalized spacial score (nSPS) is 22.7. The lowest BCUT2D eigenvalue weighted by Crippen LogP contribution is -2.60. The van der Waals surface area contributed by atoms with E-state index in [1.54, 1.807) is 30.3 Å². The molecule has 1 saturated heterocycles. The van der Waals surface area contributed by atoms with E-state index in [-0.39, 0.29) is 11.7 Å². The number of aliphatic carboxylic acids is 1. The first-order chi connectivity index (χ1) is 15.0. The first kappa shape index (κ1) is 22.1. The summed E-state index contributed by atoms with van der Waals surface area (Å²) >= 11 is 7.82. The predicted molar refractivity (Wildman–Crippen MR) is 126 cm³/mol. The van der Waals surface area contributed by atoms with Gasteiger partial charge in [0, 0.05) is 16.2 Å². The quantitative estimate of drug-likeness (QED) is 0.544. The molecule has 1 fully saturated rings. The molecular weight excluding hydrogens is 432 g/mol. The number of thioether (sulfide) groups is 1. The molecule has 0 aliphatic carbocycles. The van der Waals surface area contributed by atoms with Crippen molar-refractivity contribution in [2.24, 2.45) is 5.92 Å². The summed E-state index contributed by atoms with van der Waals surface area (Å²) in [6.07, 6.45) is 3.36. The zero-order valence-electron chi connectivity index (χ0n) is 17.0. The molecule has 5 nitrogen and oxygen atoms in total. The largest absolute Gasteiger partial charge is 0.480 e. The van der Waals surface area contributed by atoms with Crippen molar-refractivity contribution in [2.45, 2.75) is 24.4 Å². The SMILES string of the molecule is O=C(c1ccccc1Cl)C(NC1(C(=O)O)C=C(c2ccccc2)SC1)C1CCNCC1. The van der Waals surface area contributed by atoms with Crippen LogP contribution in [0.2, 0.25) is 5.02 Å². The average molecular weight is 457 g/mol. The van der Waals surface area contributed by atoms with Gasteiger partial charge in [0.2, 0.25) is 0 Å². The van der Waals surface area contributed by atoms with Gasteiger partial charge in [-0.25, -0.2) is 4.79 Å². The summed E-state index contributed by atoms with van der Waals surface area (Å²) in [4.78, 5) is 27.0. The summed E-state index contributed by atoms with van der Waals surface area (Å²) in [6.45, 7) is 1.61. The van der Waals surface area contributed by atoms with Crippen molar-refractivity contribution in [2.75, 3.05) is 18.8 Å². The van der Waals surface area contributed by atoms with Crippen molar-refractivity contribution in [1.82, 2.24) is 10.6 Å². The van der Waals surface area contributed by atoms with Crippen LogP contribution < -0.4 is 10.6 Å². The molecule has 4 rings (SSSR count). The molecule has 0 radical (unpaired) electrons. The lowest BCUT2D eigenvalue weighted by atomic mass is 9.83. The molecule has 0 amide bonds.